The van der Waals surface area contributed by atoms with Crippen molar-refractivity contribution >= 4 is 28.7 Å². The first-order chi connectivity index (χ1) is 7.67. The molecule has 0 aromatic carbocycles. The number of carbonyl (C=O) groups excluding carboxylic acids is 1. The van der Waals surface area contributed by atoms with Gasteiger partial charge in [-0.1, -0.05) is 5.92 Å². The van der Waals surface area contributed by atoms with Crippen LogP contribution in [0, 0.1) is 9.85 Å². The van der Waals surface area contributed by atoms with Crippen LogP contribution in [0.5, 0.6) is 0 Å². The molecule has 0 aliphatic carbocycles. The van der Waals surface area contributed by atoms with Gasteiger partial charge in [0.1, 0.15) is 0 Å². The molecule has 1 atom stereocenters. The van der Waals surface area contributed by atoms with Crippen molar-refractivity contribution in [1.29, 1.82) is 0 Å². The molecule has 0 aliphatic rings. The second kappa shape index (κ2) is 9.69. The van der Waals surface area contributed by atoms with Crippen LogP contribution < -0.4 is 0 Å². The van der Waals surface area contributed by atoms with Gasteiger partial charge in [0.25, 0.3) is 0 Å². The number of halogens is 1. The molecule has 0 saturated carbocycles. The third-order valence-electron chi connectivity index (χ3n) is 1.74. The summed E-state index contributed by atoms with van der Waals surface area (Å²) >= 11 is 1.86. The molecule has 0 aromatic rings. The Hall–Kier alpha value is -0.520. The van der Waals surface area contributed by atoms with E-state index in [0.717, 1.165) is 0 Å². The molecule has 16 heavy (non-hydrogen) atoms. The van der Waals surface area contributed by atoms with E-state index in [1.54, 1.807) is 6.92 Å². The van der Waals surface area contributed by atoms with Gasteiger partial charge in [-0.25, -0.2) is 4.79 Å². The summed E-state index contributed by atoms with van der Waals surface area (Å²) in [5.41, 5.74) is 0. The van der Waals surface area contributed by atoms with Gasteiger partial charge in [0.15, 0.2) is 12.8 Å². The average Bonchev–Trinajstić information content (AvgIpc) is 2.27. The van der Waals surface area contributed by atoms with Crippen molar-refractivity contribution in [2.45, 2.75) is 20.1 Å². The maximum atomic E-state index is 11.5. The Morgan fingerprint density at radius 2 is 2.25 bits per heavy atom. The summed E-state index contributed by atoms with van der Waals surface area (Å²) < 4.78 is 12.4. The molecule has 0 aliphatic heterocycles. The Kier molecular flexibility index (Phi) is 9.37. The van der Waals surface area contributed by atoms with E-state index in [2.05, 4.69) is 9.85 Å². The number of hydrogen-bond donors (Lipinski definition) is 1. The summed E-state index contributed by atoms with van der Waals surface area (Å²) in [6.45, 7) is 4.52. The first-order valence-electron chi connectivity index (χ1n) is 4.95. The lowest BCUT2D eigenvalue weighted by molar-refractivity contribution is -0.0474. The number of carbonyl (C=O) groups is 1. The maximum absolute atomic E-state index is 11.5. The lowest BCUT2D eigenvalue weighted by atomic mass is 10.5. The van der Waals surface area contributed by atoms with E-state index < -0.39 is 12.3 Å². The number of rotatable bonds is 6. The lowest BCUT2D eigenvalue weighted by Crippen LogP contribution is -2.43. The first kappa shape index (κ1) is 15.5. The van der Waals surface area contributed by atoms with Gasteiger partial charge < -0.3 is 14.6 Å². The fraction of sp³-hybridized carbons (Fsp3) is 0.700. The van der Waals surface area contributed by atoms with Crippen molar-refractivity contribution in [3.8, 4) is 9.85 Å². The van der Waals surface area contributed by atoms with Gasteiger partial charge in [0, 0.05) is 35.7 Å². The van der Waals surface area contributed by atoms with Crippen molar-refractivity contribution < 1.29 is 19.4 Å². The van der Waals surface area contributed by atoms with Crippen molar-refractivity contribution in [1.82, 2.24) is 4.90 Å². The van der Waals surface area contributed by atoms with Crippen LogP contribution in [0.15, 0.2) is 0 Å². The second-order valence-corrected chi connectivity index (χ2v) is 3.29. The van der Waals surface area contributed by atoms with Gasteiger partial charge in [-0.3, -0.25) is 4.90 Å². The number of hydrogen-bond acceptors (Lipinski definition) is 4. The maximum Gasteiger partial charge on any atom is 0.412 e. The highest BCUT2D eigenvalue weighted by Gasteiger charge is 2.20. The predicted molar refractivity (Wildman–Crippen MR) is 68.0 cm³/mol. The van der Waals surface area contributed by atoms with E-state index in [-0.39, 0.29) is 13.2 Å². The van der Waals surface area contributed by atoms with E-state index in [1.165, 1.54) is 4.90 Å². The molecular weight excluding hydrogens is 325 g/mol. The molecule has 0 spiro atoms. The van der Waals surface area contributed by atoms with Crippen LogP contribution in [-0.4, -0.2) is 48.7 Å². The minimum Gasteiger partial charge on any atom is -0.436 e. The van der Waals surface area contributed by atoms with Gasteiger partial charge in [0.2, 0.25) is 0 Å². The Morgan fingerprint density at radius 1 is 1.56 bits per heavy atom. The Morgan fingerprint density at radius 3 is 2.75 bits per heavy atom. The molecule has 0 fully saturated rings. The second-order valence-electron chi connectivity index (χ2n) is 2.75. The molecule has 6 heteroatoms. The number of aliphatic hydroxyl groups is 1. The largest absolute Gasteiger partial charge is 0.436 e. The molecule has 0 radical (unpaired) electrons. The molecule has 1 amide bonds. The Labute approximate surface area is 109 Å². The topological polar surface area (TPSA) is 59.0 Å². The quantitative estimate of drug-likeness (QED) is 0.448. The smallest absolute Gasteiger partial charge is 0.412 e. The fourth-order valence-electron chi connectivity index (χ4n) is 0.983. The van der Waals surface area contributed by atoms with E-state index in [1.807, 2.05) is 29.5 Å². The molecule has 0 rings (SSSR count). The highest BCUT2D eigenvalue weighted by molar-refractivity contribution is 14.1. The summed E-state index contributed by atoms with van der Waals surface area (Å²) in [5.74, 6) is 2.59. The molecule has 92 valence electrons. The zero-order valence-electron chi connectivity index (χ0n) is 9.40. The van der Waals surface area contributed by atoms with Gasteiger partial charge in [-0.15, -0.1) is 0 Å². The van der Waals surface area contributed by atoms with Gasteiger partial charge >= 0.3 is 6.09 Å². The Bertz CT molecular complexity index is 261. The summed E-state index contributed by atoms with van der Waals surface area (Å²) in [6, 6.07) is 0. The number of ether oxygens (including phenoxy) is 2. The number of amides is 1. The molecule has 0 bridgehead atoms. The molecule has 1 N–H and O–H groups in total. The van der Waals surface area contributed by atoms with E-state index in [0.29, 0.717) is 13.2 Å². The third kappa shape index (κ3) is 6.15. The monoisotopic (exact) mass is 341 g/mol. The molecule has 0 aromatic heterocycles. The standard InChI is InChI=1S/C10H16INO4/c1-3-12(9(13)8-15-4-2)10(14)16-7-5-6-11/h9,13H,3-4,7-8H2,1-2H3. The molecule has 0 heterocycles. The molecule has 1 unspecified atom stereocenters. The van der Waals surface area contributed by atoms with Crippen LogP contribution in [0.1, 0.15) is 13.8 Å². The third-order valence-corrected chi connectivity index (χ3v) is 2.12. The SMILES string of the molecule is CCOCC(O)N(CC)C(=O)OCC#CI. The number of aliphatic hydroxyl groups excluding tert-OH is 1. The molecule has 5 nitrogen and oxygen atoms in total. The van der Waals surface area contributed by atoms with Crippen LogP contribution >= 0.6 is 22.6 Å². The Balaban J connectivity index is 4.11. The zero-order chi connectivity index (χ0) is 12.4. The molecule has 0 saturated heterocycles. The lowest BCUT2D eigenvalue weighted by Gasteiger charge is -2.25. The van der Waals surface area contributed by atoms with Crippen molar-refractivity contribution in [2.24, 2.45) is 0 Å². The summed E-state index contributed by atoms with van der Waals surface area (Å²) in [7, 11) is 0. The fourth-order valence-corrected chi connectivity index (χ4v) is 1.14. The zero-order valence-corrected chi connectivity index (χ0v) is 11.6. The van der Waals surface area contributed by atoms with Crippen LogP contribution in [-0.2, 0) is 9.47 Å². The van der Waals surface area contributed by atoms with Crippen molar-refractivity contribution in [2.75, 3.05) is 26.4 Å². The van der Waals surface area contributed by atoms with E-state index in [9.17, 15) is 9.90 Å². The predicted octanol–water partition coefficient (Wildman–Crippen LogP) is 1.20. The number of nitrogens with zero attached hydrogens (tertiary/aromatic N) is 1. The van der Waals surface area contributed by atoms with E-state index in [4.69, 9.17) is 9.47 Å². The van der Waals surface area contributed by atoms with Crippen LogP contribution in [0.25, 0.3) is 0 Å². The van der Waals surface area contributed by atoms with Gasteiger partial charge in [0.05, 0.1) is 6.61 Å². The average molecular weight is 341 g/mol. The highest BCUT2D eigenvalue weighted by atomic mass is 127. The minimum atomic E-state index is -0.981. The number of likely N-dealkylation sites (N-methyl/N-ethyl adjacent to an activating group) is 1. The van der Waals surface area contributed by atoms with Gasteiger partial charge in [-0.05, 0) is 17.8 Å². The first-order valence-corrected chi connectivity index (χ1v) is 6.02. The minimum absolute atomic E-state index is 0.0274. The van der Waals surface area contributed by atoms with Crippen LogP contribution in [0.2, 0.25) is 0 Å². The van der Waals surface area contributed by atoms with Crippen molar-refractivity contribution in [3.63, 3.8) is 0 Å². The van der Waals surface area contributed by atoms with Crippen molar-refractivity contribution in [3.05, 3.63) is 0 Å². The highest BCUT2D eigenvalue weighted by Crippen LogP contribution is 2.00. The summed E-state index contributed by atoms with van der Waals surface area (Å²) in [6.07, 6.45) is -1.57. The van der Waals surface area contributed by atoms with Crippen LogP contribution in [0.3, 0.4) is 0 Å². The van der Waals surface area contributed by atoms with Crippen LogP contribution in [0.4, 0.5) is 4.79 Å². The normalized spacial score (nSPS) is 11.2. The van der Waals surface area contributed by atoms with E-state index >= 15 is 0 Å². The summed E-state index contributed by atoms with van der Waals surface area (Å²) in [4.78, 5) is 12.7. The summed E-state index contributed by atoms with van der Waals surface area (Å²) in [5, 5.41) is 9.63. The molecular formula is C10H16INO4. The van der Waals surface area contributed by atoms with Gasteiger partial charge in [-0.2, -0.15) is 0 Å².